The zero-order chi connectivity index (χ0) is 14.4. The minimum Gasteiger partial charge on any atom is -0.465 e. The Hall–Kier alpha value is -2.30. The summed E-state index contributed by atoms with van der Waals surface area (Å²) in [6.07, 6.45) is 2.03. The zero-order valence-corrected chi connectivity index (χ0v) is 11.5. The van der Waals surface area contributed by atoms with Crippen LogP contribution in [0.3, 0.4) is 0 Å². The monoisotopic (exact) mass is 274 g/mol. The van der Waals surface area contributed by atoms with Crippen LogP contribution in [0.5, 0.6) is 0 Å². The van der Waals surface area contributed by atoms with Crippen molar-refractivity contribution in [3.8, 4) is 0 Å². The van der Waals surface area contributed by atoms with Crippen LogP contribution < -0.4 is 0 Å². The van der Waals surface area contributed by atoms with Crippen molar-refractivity contribution in [1.82, 2.24) is 9.88 Å². The number of carbonyl (C=O) groups is 1. The van der Waals surface area contributed by atoms with Crippen molar-refractivity contribution in [2.45, 2.75) is 26.3 Å². The molecular weight excluding hydrogens is 256 g/mol. The van der Waals surface area contributed by atoms with Crippen molar-refractivity contribution < 1.29 is 14.3 Å². The predicted molar refractivity (Wildman–Crippen MR) is 74.5 cm³/mol. The minimum absolute atomic E-state index is 0.369. The molecule has 0 saturated heterocycles. The zero-order valence-electron chi connectivity index (χ0n) is 11.5. The smallest absolute Gasteiger partial charge is 0.407 e. The summed E-state index contributed by atoms with van der Waals surface area (Å²) in [7, 11) is 0. The van der Waals surface area contributed by atoms with Crippen LogP contribution in [0.1, 0.15) is 24.1 Å². The number of carboxylic acid groups (broad SMARTS) is 1. The molecule has 2 aromatic rings. The number of hydrogen-bond acceptors (Lipinski definition) is 3. The highest BCUT2D eigenvalue weighted by atomic mass is 16.4. The summed E-state index contributed by atoms with van der Waals surface area (Å²) < 4.78 is 5.48. The summed E-state index contributed by atoms with van der Waals surface area (Å²) in [5.41, 5.74) is 0.969. The molecule has 0 aliphatic heterocycles. The van der Waals surface area contributed by atoms with Crippen molar-refractivity contribution in [2.75, 3.05) is 6.54 Å². The van der Waals surface area contributed by atoms with Gasteiger partial charge in [0.25, 0.3) is 0 Å². The average Bonchev–Trinajstić information content (AvgIpc) is 2.92. The number of nitrogens with zero attached hydrogens (tertiary/aromatic N) is 2. The van der Waals surface area contributed by atoms with Gasteiger partial charge in [-0.05, 0) is 5.56 Å². The van der Waals surface area contributed by atoms with Crippen LogP contribution in [0.4, 0.5) is 4.79 Å². The van der Waals surface area contributed by atoms with E-state index in [1.54, 1.807) is 6.20 Å². The first-order chi connectivity index (χ1) is 9.69. The molecule has 1 amide bonds. The number of aryl methyl sites for hydroxylation is 1. The standard InChI is InChI=1S/C15H18N2O3/c1-2-13-10-16-14(20-13)8-9-17(15(18)19)11-12-6-4-3-5-7-12/h3-7,10H,2,8-9,11H2,1H3,(H,18,19). The largest absolute Gasteiger partial charge is 0.465 e. The molecule has 0 aliphatic carbocycles. The Morgan fingerprint density at radius 1 is 1.35 bits per heavy atom. The predicted octanol–water partition coefficient (Wildman–Crippen LogP) is 2.96. The van der Waals surface area contributed by atoms with E-state index in [1.165, 1.54) is 4.90 Å². The molecule has 20 heavy (non-hydrogen) atoms. The van der Waals surface area contributed by atoms with Gasteiger partial charge in [-0.3, -0.25) is 0 Å². The van der Waals surface area contributed by atoms with Gasteiger partial charge in [0.05, 0.1) is 6.20 Å². The highest BCUT2D eigenvalue weighted by molar-refractivity contribution is 5.65. The van der Waals surface area contributed by atoms with Crippen molar-refractivity contribution >= 4 is 6.09 Å². The molecule has 0 radical (unpaired) electrons. The summed E-state index contributed by atoms with van der Waals surface area (Å²) >= 11 is 0. The molecule has 0 aliphatic rings. The van der Waals surface area contributed by atoms with Gasteiger partial charge in [-0.25, -0.2) is 9.78 Å². The van der Waals surface area contributed by atoms with Crippen LogP contribution in [-0.4, -0.2) is 27.6 Å². The fraction of sp³-hybridized carbons (Fsp3) is 0.333. The molecule has 2 rings (SSSR count). The number of amides is 1. The van der Waals surface area contributed by atoms with Gasteiger partial charge < -0.3 is 14.4 Å². The number of oxazole rings is 1. The third-order valence-corrected chi connectivity index (χ3v) is 3.03. The van der Waals surface area contributed by atoms with Crippen LogP contribution in [0.25, 0.3) is 0 Å². The minimum atomic E-state index is -0.934. The first-order valence-corrected chi connectivity index (χ1v) is 6.64. The third kappa shape index (κ3) is 3.85. The van der Waals surface area contributed by atoms with Crippen LogP contribution >= 0.6 is 0 Å². The van der Waals surface area contributed by atoms with Gasteiger partial charge in [0.2, 0.25) is 0 Å². The molecule has 1 heterocycles. The van der Waals surface area contributed by atoms with Crippen LogP contribution in [0.2, 0.25) is 0 Å². The van der Waals surface area contributed by atoms with Crippen LogP contribution in [-0.2, 0) is 19.4 Å². The fourth-order valence-corrected chi connectivity index (χ4v) is 1.90. The van der Waals surface area contributed by atoms with E-state index in [1.807, 2.05) is 37.3 Å². The van der Waals surface area contributed by atoms with E-state index in [0.29, 0.717) is 25.4 Å². The second kappa shape index (κ2) is 6.75. The lowest BCUT2D eigenvalue weighted by Crippen LogP contribution is -2.31. The molecule has 1 aromatic heterocycles. The van der Waals surface area contributed by atoms with E-state index < -0.39 is 6.09 Å². The van der Waals surface area contributed by atoms with Crippen LogP contribution in [0, 0.1) is 0 Å². The molecule has 0 bridgehead atoms. The Kier molecular flexibility index (Phi) is 4.76. The topological polar surface area (TPSA) is 66.6 Å². The molecule has 0 atom stereocenters. The van der Waals surface area contributed by atoms with Crippen molar-refractivity contribution in [3.63, 3.8) is 0 Å². The molecule has 106 valence electrons. The van der Waals surface area contributed by atoms with E-state index in [2.05, 4.69) is 4.98 Å². The van der Waals surface area contributed by atoms with Gasteiger partial charge in [-0.1, -0.05) is 37.3 Å². The lowest BCUT2D eigenvalue weighted by atomic mass is 10.2. The third-order valence-electron chi connectivity index (χ3n) is 3.03. The van der Waals surface area contributed by atoms with Gasteiger partial charge in [0.1, 0.15) is 5.76 Å². The quantitative estimate of drug-likeness (QED) is 0.879. The molecule has 0 fully saturated rings. The highest BCUT2D eigenvalue weighted by Crippen LogP contribution is 2.08. The normalized spacial score (nSPS) is 10.4. The molecule has 1 N–H and O–H groups in total. The number of aromatic nitrogens is 1. The Morgan fingerprint density at radius 2 is 2.10 bits per heavy atom. The summed E-state index contributed by atoms with van der Waals surface area (Å²) in [5, 5.41) is 9.24. The maximum Gasteiger partial charge on any atom is 0.407 e. The molecular formula is C15H18N2O3. The number of rotatable bonds is 6. The Balaban J connectivity index is 1.94. The first kappa shape index (κ1) is 14.1. The number of benzene rings is 1. The summed E-state index contributed by atoms with van der Waals surface area (Å²) in [6, 6.07) is 9.54. The fourth-order valence-electron chi connectivity index (χ4n) is 1.90. The van der Waals surface area contributed by atoms with Gasteiger partial charge in [0, 0.05) is 25.9 Å². The van der Waals surface area contributed by atoms with E-state index in [0.717, 1.165) is 17.7 Å². The maximum absolute atomic E-state index is 11.3. The second-order valence-corrected chi connectivity index (χ2v) is 4.51. The lowest BCUT2D eigenvalue weighted by molar-refractivity contribution is 0.142. The number of hydrogen-bond donors (Lipinski definition) is 1. The van der Waals surface area contributed by atoms with Gasteiger partial charge in [-0.15, -0.1) is 0 Å². The van der Waals surface area contributed by atoms with E-state index in [4.69, 9.17) is 4.42 Å². The van der Waals surface area contributed by atoms with Crippen molar-refractivity contribution in [2.24, 2.45) is 0 Å². The summed E-state index contributed by atoms with van der Waals surface area (Å²) in [5.74, 6) is 1.41. The molecule has 5 heteroatoms. The van der Waals surface area contributed by atoms with E-state index in [-0.39, 0.29) is 0 Å². The molecule has 0 spiro atoms. The van der Waals surface area contributed by atoms with E-state index in [9.17, 15) is 9.90 Å². The molecule has 1 aromatic carbocycles. The maximum atomic E-state index is 11.3. The SMILES string of the molecule is CCc1cnc(CCN(Cc2ccccc2)C(=O)O)o1. The van der Waals surface area contributed by atoms with E-state index >= 15 is 0 Å². The van der Waals surface area contributed by atoms with Crippen molar-refractivity contribution in [3.05, 3.63) is 53.7 Å². The average molecular weight is 274 g/mol. The molecule has 5 nitrogen and oxygen atoms in total. The summed E-state index contributed by atoms with van der Waals surface area (Å²) in [4.78, 5) is 16.8. The molecule has 0 unspecified atom stereocenters. The van der Waals surface area contributed by atoms with Crippen molar-refractivity contribution in [1.29, 1.82) is 0 Å². The Morgan fingerprint density at radius 3 is 2.70 bits per heavy atom. The summed E-state index contributed by atoms with van der Waals surface area (Å²) in [6.45, 7) is 2.73. The second-order valence-electron chi connectivity index (χ2n) is 4.51. The first-order valence-electron chi connectivity index (χ1n) is 6.64. The van der Waals surface area contributed by atoms with Gasteiger partial charge in [0.15, 0.2) is 5.89 Å². The Bertz CT molecular complexity index is 551. The van der Waals surface area contributed by atoms with Crippen LogP contribution in [0.15, 0.2) is 40.9 Å². The van der Waals surface area contributed by atoms with Gasteiger partial charge >= 0.3 is 6.09 Å². The lowest BCUT2D eigenvalue weighted by Gasteiger charge is -2.18. The highest BCUT2D eigenvalue weighted by Gasteiger charge is 2.13. The Labute approximate surface area is 117 Å². The molecule has 0 saturated carbocycles. The van der Waals surface area contributed by atoms with Gasteiger partial charge in [-0.2, -0.15) is 0 Å².